The largest absolute Gasteiger partial charge is 0.477 e. The Morgan fingerprint density at radius 3 is 2.79 bits per heavy atom. The second-order valence-corrected chi connectivity index (χ2v) is 3.51. The number of hydrogen-bond acceptors (Lipinski definition) is 2. The van der Waals surface area contributed by atoms with Crippen LogP contribution in [0, 0.1) is 0 Å². The molecular weight excluding hydrogens is 260 g/mol. The maximum Gasteiger partial charge on any atom is 0.374 e. The molecule has 0 aliphatic rings. The quantitative estimate of drug-likeness (QED) is 0.911. The normalized spacial score (nSPS) is 11.4. The van der Waals surface area contributed by atoms with Crippen molar-refractivity contribution in [3.8, 4) is 0 Å². The number of alkyl halides is 2. The van der Waals surface area contributed by atoms with Crippen molar-refractivity contribution < 1.29 is 18.7 Å². The van der Waals surface area contributed by atoms with Crippen LogP contribution in [0.3, 0.4) is 0 Å². The first-order chi connectivity index (χ1) is 6.43. The van der Waals surface area contributed by atoms with Gasteiger partial charge in [-0.2, -0.15) is 8.78 Å². The molecule has 6 heteroatoms. The van der Waals surface area contributed by atoms with Gasteiger partial charge < -0.3 is 5.11 Å². The fourth-order valence-electron chi connectivity index (χ4n) is 0.862. The van der Waals surface area contributed by atoms with E-state index in [-0.39, 0.29) is 5.56 Å². The number of hydrogen-bond donors (Lipinski definition) is 1. The lowest BCUT2D eigenvalue weighted by Crippen LogP contribution is -2.30. The van der Waals surface area contributed by atoms with Crippen molar-refractivity contribution in [3.63, 3.8) is 0 Å². The number of pyridine rings is 1. The predicted molar refractivity (Wildman–Crippen MR) is 48.2 cm³/mol. The molecule has 3 nitrogen and oxygen atoms in total. The predicted octanol–water partition coefficient (Wildman–Crippen LogP) is 2.11. The van der Waals surface area contributed by atoms with Crippen molar-refractivity contribution in [2.45, 2.75) is 12.3 Å². The van der Waals surface area contributed by atoms with Gasteiger partial charge in [-0.1, -0.05) is 0 Å². The molecule has 0 aromatic carbocycles. The van der Waals surface area contributed by atoms with E-state index >= 15 is 0 Å². The van der Waals surface area contributed by atoms with E-state index in [4.69, 9.17) is 5.11 Å². The summed E-state index contributed by atoms with van der Waals surface area (Å²) in [6, 6.07) is 1.35. The molecule has 0 atom stereocenters. The van der Waals surface area contributed by atoms with Crippen molar-refractivity contribution in [2.24, 2.45) is 0 Å². The van der Waals surface area contributed by atoms with Crippen LogP contribution in [0.1, 0.15) is 5.56 Å². The Labute approximate surface area is 86.9 Å². The number of aromatic nitrogens is 1. The average Bonchev–Trinajstić information content (AvgIpc) is 2.08. The van der Waals surface area contributed by atoms with Gasteiger partial charge in [0.25, 0.3) is 0 Å². The van der Waals surface area contributed by atoms with Crippen molar-refractivity contribution in [2.75, 3.05) is 0 Å². The van der Waals surface area contributed by atoms with Crippen LogP contribution in [0.2, 0.25) is 0 Å². The summed E-state index contributed by atoms with van der Waals surface area (Å²) in [6.07, 6.45) is 1.83. The Hall–Kier alpha value is -1.04. The van der Waals surface area contributed by atoms with E-state index in [2.05, 4.69) is 20.9 Å². The summed E-state index contributed by atoms with van der Waals surface area (Å²) in [4.78, 5) is 13.8. The number of aliphatic carboxylic acids is 1. The fourth-order valence-corrected chi connectivity index (χ4v) is 1.25. The van der Waals surface area contributed by atoms with Crippen molar-refractivity contribution in [1.82, 2.24) is 4.98 Å². The third kappa shape index (κ3) is 2.47. The zero-order valence-electron chi connectivity index (χ0n) is 6.88. The molecule has 76 valence electrons. The van der Waals surface area contributed by atoms with Gasteiger partial charge in [0, 0.05) is 23.3 Å². The second kappa shape index (κ2) is 4.00. The number of nitrogens with zero attached hydrogens (tertiary/aromatic N) is 1. The van der Waals surface area contributed by atoms with Gasteiger partial charge >= 0.3 is 11.9 Å². The molecule has 0 saturated carbocycles. The van der Waals surface area contributed by atoms with E-state index in [1.54, 1.807) is 0 Å². The highest BCUT2D eigenvalue weighted by atomic mass is 79.9. The molecular formula is C8H6BrF2NO2. The smallest absolute Gasteiger partial charge is 0.374 e. The monoisotopic (exact) mass is 265 g/mol. The highest BCUT2D eigenvalue weighted by molar-refractivity contribution is 9.10. The van der Waals surface area contributed by atoms with E-state index in [9.17, 15) is 13.6 Å². The van der Waals surface area contributed by atoms with E-state index in [1.165, 1.54) is 18.5 Å². The van der Waals surface area contributed by atoms with Crippen LogP contribution in [-0.4, -0.2) is 22.0 Å². The van der Waals surface area contributed by atoms with Crippen molar-refractivity contribution in [1.29, 1.82) is 0 Å². The Morgan fingerprint density at radius 1 is 1.64 bits per heavy atom. The maximum absolute atomic E-state index is 12.8. The second-order valence-electron chi connectivity index (χ2n) is 2.65. The van der Waals surface area contributed by atoms with Crippen molar-refractivity contribution >= 4 is 21.9 Å². The lowest BCUT2D eigenvalue weighted by molar-refractivity contribution is -0.164. The lowest BCUT2D eigenvalue weighted by atomic mass is 10.1. The Bertz CT molecular complexity index is 357. The third-order valence-electron chi connectivity index (χ3n) is 1.58. The molecule has 14 heavy (non-hydrogen) atoms. The summed E-state index contributed by atoms with van der Waals surface area (Å²) in [5.41, 5.74) is 0.215. The third-order valence-corrected chi connectivity index (χ3v) is 2.30. The van der Waals surface area contributed by atoms with Crippen molar-refractivity contribution in [3.05, 3.63) is 28.5 Å². The summed E-state index contributed by atoms with van der Waals surface area (Å²) in [5, 5.41) is 8.21. The summed E-state index contributed by atoms with van der Waals surface area (Å²) in [5.74, 6) is -5.87. The van der Waals surface area contributed by atoms with E-state index in [0.29, 0.717) is 4.47 Å². The maximum atomic E-state index is 12.8. The van der Waals surface area contributed by atoms with Crippen LogP contribution in [0.5, 0.6) is 0 Å². The van der Waals surface area contributed by atoms with Gasteiger partial charge in [0.15, 0.2) is 0 Å². The number of rotatable bonds is 3. The molecule has 0 fully saturated rings. The minimum absolute atomic E-state index is 0.215. The summed E-state index contributed by atoms with van der Waals surface area (Å²) >= 11 is 3.01. The van der Waals surface area contributed by atoms with Gasteiger partial charge in [0.1, 0.15) is 0 Å². The Balaban J connectivity index is 2.89. The zero-order chi connectivity index (χ0) is 10.8. The number of carbonyl (C=O) groups is 1. The summed E-state index contributed by atoms with van der Waals surface area (Å²) in [7, 11) is 0. The molecule has 0 saturated heterocycles. The van der Waals surface area contributed by atoms with Gasteiger partial charge in [-0.05, 0) is 27.6 Å². The van der Waals surface area contributed by atoms with Crippen LogP contribution in [-0.2, 0) is 11.2 Å². The number of halogens is 3. The molecule has 1 aromatic heterocycles. The van der Waals surface area contributed by atoms with Crippen LogP contribution >= 0.6 is 15.9 Å². The van der Waals surface area contributed by atoms with Crippen LogP contribution in [0.25, 0.3) is 0 Å². The molecule has 1 heterocycles. The average molecular weight is 266 g/mol. The highest BCUT2D eigenvalue weighted by Gasteiger charge is 2.39. The van der Waals surface area contributed by atoms with Gasteiger partial charge in [0.2, 0.25) is 0 Å². The molecule has 1 N–H and O–H groups in total. The van der Waals surface area contributed by atoms with Gasteiger partial charge in [-0.25, -0.2) is 4.79 Å². The number of carboxylic acid groups (broad SMARTS) is 1. The molecule has 0 bridgehead atoms. The zero-order valence-corrected chi connectivity index (χ0v) is 8.46. The highest BCUT2D eigenvalue weighted by Crippen LogP contribution is 2.24. The van der Waals surface area contributed by atoms with Crippen LogP contribution in [0.15, 0.2) is 22.9 Å². The molecule has 1 rings (SSSR count). The molecule has 0 aliphatic carbocycles. The minimum Gasteiger partial charge on any atom is -0.477 e. The van der Waals surface area contributed by atoms with E-state index < -0.39 is 18.3 Å². The Morgan fingerprint density at radius 2 is 2.29 bits per heavy atom. The Kier molecular flexibility index (Phi) is 3.15. The van der Waals surface area contributed by atoms with E-state index in [1.807, 2.05) is 0 Å². The lowest BCUT2D eigenvalue weighted by Gasteiger charge is -2.11. The topological polar surface area (TPSA) is 50.2 Å². The summed E-state index contributed by atoms with van der Waals surface area (Å²) < 4.78 is 25.9. The van der Waals surface area contributed by atoms with Crippen LogP contribution in [0.4, 0.5) is 8.78 Å². The van der Waals surface area contributed by atoms with Crippen LogP contribution < -0.4 is 0 Å². The molecule has 0 aliphatic heterocycles. The first-order valence-electron chi connectivity index (χ1n) is 3.63. The van der Waals surface area contributed by atoms with Gasteiger partial charge in [-0.3, -0.25) is 4.98 Å². The molecule has 1 aromatic rings. The minimum atomic E-state index is -3.75. The molecule has 0 radical (unpaired) electrons. The summed E-state index contributed by atoms with van der Waals surface area (Å²) in [6.45, 7) is 0. The van der Waals surface area contributed by atoms with Gasteiger partial charge in [0.05, 0.1) is 0 Å². The SMILES string of the molecule is O=C(O)C(F)(F)Cc1ccncc1Br. The standard InChI is InChI=1S/C8H6BrF2NO2/c9-6-4-12-2-1-5(6)3-8(10,11)7(13)14/h1-2,4H,3H2,(H,13,14). The molecule has 0 spiro atoms. The first-order valence-corrected chi connectivity index (χ1v) is 4.42. The van der Waals surface area contributed by atoms with Gasteiger partial charge in [-0.15, -0.1) is 0 Å². The number of carboxylic acids is 1. The van der Waals surface area contributed by atoms with E-state index in [0.717, 1.165) is 0 Å². The first kappa shape index (κ1) is 11.0. The fraction of sp³-hybridized carbons (Fsp3) is 0.250. The molecule has 0 amide bonds. The molecule has 0 unspecified atom stereocenters.